The van der Waals surface area contributed by atoms with E-state index in [9.17, 15) is 0 Å². The molecular weight excluding hydrogens is 228 g/mol. The summed E-state index contributed by atoms with van der Waals surface area (Å²) in [7, 11) is 0. The van der Waals surface area contributed by atoms with Crippen LogP contribution in [-0.2, 0) is 6.54 Å². The summed E-state index contributed by atoms with van der Waals surface area (Å²) in [5, 5.41) is 3.20. The van der Waals surface area contributed by atoms with Crippen molar-refractivity contribution < 1.29 is 4.74 Å². The fraction of sp³-hybridized carbons (Fsp3) is 0.308. The molecule has 18 heavy (non-hydrogen) atoms. The van der Waals surface area contributed by atoms with Crippen LogP contribution in [0, 0.1) is 6.92 Å². The van der Waals surface area contributed by atoms with E-state index in [1.165, 1.54) is 0 Å². The quantitative estimate of drug-likeness (QED) is 0.872. The second-order valence-electron chi connectivity index (χ2n) is 3.82. The van der Waals surface area contributed by atoms with Crippen molar-refractivity contribution in [1.82, 2.24) is 20.3 Å². The van der Waals surface area contributed by atoms with Crippen LogP contribution in [0.1, 0.15) is 18.3 Å². The number of rotatable bonds is 5. The fourth-order valence-electron chi connectivity index (χ4n) is 1.46. The number of aryl methyl sites for hydroxylation is 1. The van der Waals surface area contributed by atoms with Crippen molar-refractivity contribution in [3.05, 3.63) is 42.1 Å². The molecule has 0 saturated carbocycles. The van der Waals surface area contributed by atoms with Crippen molar-refractivity contribution in [2.24, 2.45) is 0 Å². The van der Waals surface area contributed by atoms with Crippen molar-refractivity contribution in [1.29, 1.82) is 0 Å². The van der Waals surface area contributed by atoms with Crippen molar-refractivity contribution in [2.45, 2.75) is 20.4 Å². The van der Waals surface area contributed by atoms with Crippen molar-refractivity contribution in [3.8, 4) is 11.6 Å². The van der Waals surface area contributed by atoms with E-state index in [1.807, 2.05) is 26.0 Å². The Balaban J connectivity index is 2.12. The highest BCUT2D eigenvalue weighted by atomic mass is 16.5. The standard InChI is InChI=1S/C13H16N4O/c1-3-14-7-11-8-15-9-13(17-11)18-12-5-4-6-16-10(12)2/h4-6,8-9,14H,3,7H2,1-2H3. The van der Waals surface area contributed by atoms with Gasteiger partial charge in [-0.15, -0.1) is 0 Å². The Morgan fingerprint density at radius 1 is 1.33 bits per heavy atom. The number of nitrogens with one attached hydrogen (secondary N) is 1. The zero-order valence-corrected chi connectivity index (χ0v) is 10.6. The Morgan fingerprint density at radius 2 is 2.22 bits per heavy atom. The molecule has 0 fully saturated rings. The maximum Gasteiger partial charge on any atom is 0.238 e. The number of pyridine rings is 1. The summed E-state index contributed by atoms with van der Waals surface area (Å²) in [6, 6.07) is 3.69. The zero-order valence-electron chi connectivity index (χ0n) is 10.6. The Hall–Kier alpha value is -2.01. The molecule has 2 aromatic heterocycles. The first-order chi connectivity index (χ1) is 8.79. The molecule has 0 amide bonds. The molecule has 0 bridgehead atoms. The van der Waals surface area contributed by atoms with E-state index < -0.39 is 0 Å². The summed E-state index contributed by atoms with van der Waals surface area (Å²) in [6.45, 7) is 5.53. The van der Waals surface area contributed by atoms with Gasteiger partial charge in [-0.25, -0.2) is 4.98 Å². The zero-order chi connectivity index (χ0) is 12.8. The minimum Gasteiger partial charge on any atom is -0.436 e. The average molecular weight is 244 g/mol. The monoisotopic (exact) mass is 244 g/mol. The van der Waals surface area contributed by atoms with Crippen LogP contribution in [0.3, 0.4) is 0 Å². The van der Waals surface area contributed by atoms with E-state index in [1.54, 1.807) is 18.6 Å². The molecule has 0 aromatic carbocycles. The first-order valence-electron chi connectivity index (χ1n) is 5.90. The normalized spacial score (nSPS) is 10.3. The first kappa shape index (κ1) is 12.4. The maximum atomic E-state index is 5.67. The molecule has 2 aromatic rings. The van der Waals surface area contributed by atoms with E-state index in [4.69, 9.17) is 4.74 Å². The molecule has 1 N–H and O–H groups in total. The van der Waals surface area contributed by atoms with Gasteiger partial charge in [0, 0.05) is 18.9 Å². The Morgan fingerprint density at radius 3 is 3.00 bits per heavy atom. The molecule has 0 unspecified atom stereocenters. The van der Waals surface area contributed by atoms with E-state index in [2.05, 4.69) is 20.3 Å². The third-order valence-corrected chi connectivity index (χ3v) is 2.39. The van der Waals surface area contributed by atoms with Gasteiger partial charge in [0.15, 0.2) is 5.75 Å². The van der Waals surface area contributed by atoms with Gasteiger partial charge in [0.25, 0.3) is 0 Å². The summed E-state index contributed by atoms with van der Waals surface area (Å²) >= 11 is 0. The highest BCUT2D eigenvalue weighted by molar-refractivity contribution is 5.29. The molecule has 5 heteroatoms. The van der Waals surface area contributed by atoms with Gasteiger partial charge in [0.1, 0.15) is 0 Å². The predicted molar refractivity (Wildman–Crippen MR) is 68.5 cm³/mol. The molecule has 2 heterocycles. The van der Waals surface area contributed by atoms with Gasteiger partial charge < -0.3 is 10.1 Å². The molecule has 0 aliphatic heterocycles. The smallest absolute Gasteiger partial charge is 0.238 e. The Labute approximate surface area is 106 Å². The molecule has 0 spiro atoms. The molecule has 0 atom stereocenters. The SMILES string of the molecule is CCNCc1cncc(Oc2cccnc2C)n1. The molecule has 2 rings (SSSR count). The van der Waals surface area contributed by atoms with E-state index in [0.29, 0.717) is 18.2 Å². The molecule has 0 radical (unpaired) electrons. The molecule has 94 valence electrons. The second kappa shape index (κ2) is 6.07. The summed E-state index contributed by atoms with van der Waals surface area (Å²) < 4.78 is 5.67. The lowest BCUT2D eigenvalue weighted by molar-refractivity contribution is 0.450. The third-order valence-electron chi connectivity index (χ3n) is 2.39. The van der Waals surface area contributed by atoms with Gasteiger partial charge in [-0.05, 0) is 25.6 Å². The number of ether oxygens (including phenoxy) is 1. The molecule has 0 aliphatic rings. The number of hydrogen-bond donors (Lipinski definition) is 1. The Kier molecular flexibility index (Phi) is 4.20. The number of nitrogens with zero attached hydrogens (tertiary/aromatic N) is 3. The summed E-state index contributed by atoms with van der Waals surface area (Å²) in [5.74, 6) is 1.19. The lowest BCUT2D eigenvalue weighted by Crippen LogP contribution is -2.13. The highest BCUT2D eigenvalue weighted by Crippen LogP contribution is 2.20. The van der Waals surface area contributed by atoms with Gasteiger partial charge in [0.05, 0.1) is 17.6 Å². The minimum atomic E-state index is 0.488. The van der Waals surface area contributed by atoms with Crippen LogP contribution in [0.4, 0.5) is 0 Å². The van der Waals surface area contributed by atoms with Gasteiger partial charge in [0.2, 0.25) is 5.88 Å². The van der Waals surface area contributed by atoms with Crippen molar-refractivity contribution in [2.75, 3.05) is 6.54 Å². The molecule has 5 nitrogen and oxygen atoms in total. The third kappa shape index (κ3) is 3.24. The number of hydrogen-bond acceptors (Lipinski definition) is 5. The number of aromatic nitrogens is 3. The van der Waals surface area contributed by atoms with Crippen LogP contribution in [0.5, 0.6) is 11.6 Å². The summed E-state index contributed by atoms with van der Waals surface area (Å²) in [5.41, 5.74) is 1.69. The van der Waals surface area contributed by atoms with E-state index in [-0.39, 0.29) is 0 Å². The minimum absolute atomic E-state index is 0.488. The van der Waals surface area contributed by atoms with Crippen LogP contribution >= 0.6 is 0 Å². The summed E-state index contributed by atoms with van der Waals surface area (Å²) in [4.78, 5) is 12.6. The first-order valence-corrected chi connectivity index (χ1v) is 5.90. The van der Waals surface area contributed by atoms with Crippen molar-refractivity contribution in [3.63, 3.8) is 0 Å². The lowest BCUT2D eigenvalue weighted by Gasteiger charge is -2.07. The van der Waals surface area contributed by atoms with E-state index in [0.717, 1.165) is 17.9 Å². The van der Waals surface area contributed by atoms with Gasteiger partial charge in [-0.1, -0.05) is 6.92 Å². The van der Waals surface area contributed by atoms with Crippen LogP contribution in [0.15, 0.2) is 30.7 Å². The summed E-state index contributed by atoms with van der Waals surface area (Å²) in [6.07, 6.45) is 5.06. The fourth-order valence-corrected chi connectivity index (χ4v) is 1.46. The van der Waals surface area contributed by atoms with Crippen LogP contribution in [0.2, 0.25) is 0 Å². The Bertz CT molecular complexity index is 516. The highest BCUT2D eigenvalue weighted by Gasteiger charge is 2.04. The second-order valence-corrected chi connectivity index (χ2v) is 3.82. The molecular formula is C13H16N4O. The molecule has 0 saturated heterocycles. The average Bonchev–Trinajstić information content (AvgIpc) is 2.40. The largest absolute Gasteiger partial charge is 0.436 e. The van der Waals surface area contributed by atoms with Gasteiger partial charge in [-0.2, -0.15) is 0 Å². The molecule has 0 aliphatic carbocycles. The maximum absolute atomic E-state index is 5.67. The predicted octanol–water partition coefficient (Wildman–Crippen LogP) is 2.08. The van der Waals surface area contributed by atoms with Gasteiger partial charge in [-0.3, -0.25) is 9.97 Å². The topological polar surface area (TPSA) is 59.9 Å². The lowest BCUT2D eigenvalue weighted by atomic mass is 10.3. The van der Waals surface area contributed by atoms with Crippen molar-refractivity contribution >= 4 is 0 Å². The van der Waals surface area contributed by atoms with Crippen LogP contribution in [0.25, 0.3) is 0 Å². The van der Waals surface area contributed by atoms with Crippen LogP contribution < -0.4 is 10.1 Å². The van der Waals surface area contributed by atoms with Gasteiger partial charge >= 0.3 is 0 Å². The van der Waals surface area contributed by atoms with Crippen LogP contribution in [-0.4, -0.2) is 21.5 Å². The van der Waals surface area contributed by atoms with E-state index >= 15 is 0 Å².